The van der Waals surface area contributed by atoms with Gasteiger partial charge in [-0.25, -0.2) is 5.26 Å². The first kappa shape index (κ1) is 13.2. The van der Waals surface area contributed by atoms with Crippen molar-refractivity contribution in [3.8, 4) is 0 Å². The van der Waals surface area contributed by atoms with E-state index < -0.39 is 17.2 Å². The maximum atomic E-state index is 11.0. The first-order valence-corrected chi connectivity index (χ1v) is 4.24. The van der Waals surface area contributed by atoms with Gasteiger partial charge in [0, 0.05) is 0 Å². The molecule has 1 N–H and O–H groups in total. The highest BCUT2D eigenvalue weighted by atomic mass is 32.2. The van der Waals surface area contributed by atoms with Crippen molar-refractivity contribution >= 4 is 24.0 Å². The van der Waals surface area contributed by atoms with Crippen molar-refractivity contribution in [2.24, 2.45) is 0 Å². The van der Waals surface area contributed by atoms with E-state index in [9.17, 15) is 9.59 Å². The van der Waals surface area contributed by atoms with Crippen molar-refractivity contribution in [1.29, 1.82) is 0 Å². The molecule has 14 heavy (non-hydrogen) atoms. The van der Waals surface area contributed by atoms with Crippen LogP contribution in [0.4, 0.5) is 0 Å². The molecule has 0 aliphatic carbocycles. The Balaban J connectivity index is 4.09. The van der Waals surface area contributed by atoms with Crippen molar-refractivity contribution in [2.45, 2.75) is 11.7 Å². The van der Waals surface area contributed by atoms with Gasteiger partial charge in [-0.15, -0.1) is 4.33 Å². The van der Waals surface area contributed by atoms with Gasteiger partial charge in [0.25, 0.3) is 0 Å². The minimum atomic E-state index is -0.945. The largest absolute Gasteiger partial charge is 0.469 e. The van der Waals surface area contributed by atoms with Gasteiger partial charge < -0.3 is 9.47 Å². The van der Waals surface area contributed by atoms with Crippen LogP contribution in [0.1, 0.15) is 6.42 Å². The van der Waals surface area contributed by atoms with Crippen LogP contribution in [0.3, 0.4) is 0 Å². The minimum Gasteiger partial charge on any atom is -0.469 e. The zero-order chi connectivity index (χ0) is 11.0. The molecule has 0 saturated heterocycles. The van der Waals surface area contributed by atoms with E-state index in [1.807, 2.05) is 0 Å². The van der Waals surface area contributed by atoms with E-state index in [1.54, 1.807) is 0 Å². The van der Waals surface area contributed by atoms with Crippen LogP contribution in [0.5, 0.6) is 0 Å². The second kappa shape index (κ2) is 7.56. The number of ether oxygens (including phenoxy) is 2. The molecule has 0 aliphatic rings. The average Bonchev–Trinajstić information content (AvgIpc) is 2.22. The number of carbonyl (C=O) groups is 2. The molecule has 0 aromatic rings. The maximum absolute atomic E-state index is 11.0. The highest BCUT2D eigenvalue weighted by molar-refractivity contribution is 7.95. The summed E-state index contributed by atoms with van der Waals surface area (Å²) in [5.74, 6) is -1.29. The summed E-state index contributed by atoms with van der Waals surface area (Å²) >= 11 is 0.450. The summed E-state index contributed by atoms with van der Waals surface area (Å²) in [5, 5.41) is 10.2. The summed E-state index contributed by atoms with van der Waals surface area (Å²) in [4.78, 5) is 21.8. The number of carbonyl (C=O) groups excluding carboxylic acids is 2. The standard InChI is InChI=1S/C6H10O7S/c1-10-5(7)3-4(6(8)11-2)14-13-12-9/h4,9H,3H2,1-2H3. The predicted octanol–water partition coefficient (Wildman–Crippen LogP) is 0.160. The highest BCUT2D eigenvalue weighted by Gasteiger charge is 2.25. The molecule has 0 aromatic carbocycles. The van der Waals surface area contributed by atoms with Gasteiger partial charge in [-0.3, -0.25) is 9.59 Å². The maximum Gasteiger partial charge on any atom is 0.321 e. The number of hydrogen-bond acceptors (Lipinski definition) is 8. The molecule has 0 rings (SSSR count). The van der Waals surface area contributed by atoms with Crippen molar-refractivity contribution in [2.75, 3.05) is 14.2 Å². The zero-order valence-corrected chi connectivity index (χ0v) is 8.41. The van der Waals surface area contributed by atoms with Crippen molar-refractivity contribution in [3.05, 3.63) is 0 Å². The normalized spacial score (nSPS) is 11.9. The molecule has 0 spiro atoms. The Morgan fingerprint density at radius 3 is 2.43 bits per heavy atom. The molecule has 0 amide bonds. The zero-order valence-electron chi connectivity index (χ0n) is 7.59. The van der Waals surface area contributed by atoms with Crippen LogP contribution in [0.2, 0.25) is 0 Å². The summed E-state index contributed by atoms with van der Waals surface area (Å²) in [6, 6.07) is 0. The Bertz CT molecular complexity index is 195. The third kappa shape index (κ3) is 5.02. The van der Waals surface area contributed by atoms with E-state index in [0.29, 0.717) is 12.0 Å². The average molecular weight is 226 g/mol. The topological polar surface area (TPSA) is 91.3 Å². The third-order valence-corrected chi connectivity index (χ3v) is 1.96. The van der Waals surface area contributed by atoms with Crippen LogP contribution in [0.25, 0.3) is 0 Å². The molecular formula is C6H10O7S. The van der Waals surface area contributed by atoms with Crippen molar-refractivity contribution in [3.63, 3.8) is 0 Å². The number of rotatable bonds is 6. The SMILES string of the molecule is COC(=O)CC(SOOO)C(=O)OC. The Labute approximate surface area is 84.3 Å². The second-order valence-electron chi connectivity index (χ2n) is 2.03. The minimum absolute atomic E-state index is 0.239. The first-order chi connectivity index (χ1) is 6.65. The van der Waals surface area contributed by atoms with E-state index in [-0.39, 0.29) is 6.42 Å². The van der Waals surface area contributed by atoms with E-state index >= 15 is 0 Å². The summed E-state index contributed by atoms with van der Waals surface area (Å²) in [5.41, 5.74) is 0. The van der Waals surface area contributed by atoms with Crippen molar-refractivity contribution in [1.82, 2.24) is 0 Å². The van der Waals surface area contributed by atoms with Crippen molar-refractivity contribution < 1.29 is 33.7 Å². The van der Waals surface area contributed by atoms with Gasteiger partial charge in [0.05, 0.1) is 32.7 Å². The van der Waals surface area contributed by atoms with Gasteiger partial charge >= 0.3 is 11.9 Å². The Morgan fingerprint density at radius 2 is 2.00 bits per heavy atom. The molecular weight excluding hydrogens is 216 g/mol. The van der Waals surface area contributed by atoms with Crippen LogP contribution < -0.4 is 0 Å². The smallest absolute Gasteiger partial charge is 0.321 e. The van der Waals surface area contributed by atoms with Crippen LogP contribution in [-0.2, 0) is 28.4 Å². The lowest BCUT2D eigenvalue weighted by Gasteiger charge is -2.09. The molecule has 0 saturated carbocycles. The van der Waals surface area contributed by atoms with Gasteiger partial charge in [0.1, 0.15) is 5.25 Å². The molecule has 8 heteroatoms. The van der Waals surface area contributed by atoms with Gasteiger partial charge in [0.2, 0.25) is 0 Å². The summed E-state index contributed by atoms with van der Waals surface area (Å²) in [7, 11) is 2.34. The lowest BCUT2D eigenvalue weighted by atomic mass is 10.3. The van der Waals surface area contributed by atoms with Gasteiger partial charge in [-0.05, 0) is 0 Å². The molecule has 0 aliphatic heterocycles. The molecule has 1 unspecified atom stereocenters. The van der Waals surface area contributed by atoms with Gasteiger partial charge in [0.15, 0.2) is 0 Å². The molecule has 82 valence electrons. The van der Waals surface area contributed by atoms with Crippen LogP contribution in [-0.4, -0.2) is 36.7 Å². The Kier molecular flexibility index (Phi) is 7.11. The second-order valence-corrected chi connectivity index (χ2v) is 2.93. The van der Waals surface area contributed by atoms with Crippen LogP contribution in [0.15, 0.2) is 0 Å². The summed E-state index contributed by atoms with van der Waals surface area (Å²) in [6.07, 6.45) is -0.239. The van der Waals surface area contributed by atoms with Crippen LogP contribution >= 0.6 is 12.0 Å². The molecule has 7 nitrogen and oxygen atoms in total. The molecule has 0 heterocycles. The van der Waals surface area contributed by atoms with Gasteiger partial charge in [-0.1, -0.05) is 5.04 Å². The number of esters is 2. The number of methoxy groups -OCH3 is 2. The van der Waals surface area contributed by atoms with E-state index in [1.165, 1.54) is 7.11 Å². The number of hydrogen-bond donors (Lipinski definition) is 1. The lowest BCUT2D eigenvalue weighted by molar-refractivity contribution is -0.432. The van der Waals surface area contributed by atoms with Gasteiger partial charge in [-0.2, -0.15) is 0 Å². The quantitative estimate of drug-likeness (QED) is 0.296. The Hall–Kier alpha value is -0.830. The molecule has 0 bridgehead atoms. The fourth-order valence-electron chi connectivity index (χ4n) is 0.588. The predicted molar refractivity (Wildman–Crippen MR) is 44.8 cm³/mol. The molecule has 0 aromatic heterocycles. The summed E-state index contributed by atoms with van der Waals surface area (Å²) < 4.78 is 12.7. The third-order valence-electron chi connectivity index (χ3n) is 1.23. The first-order valence-electron chi connectivity index (χ1n) is 3.44. The van der Waals surface area contributed by atoms with Crippen LogP contribution in [0, 0.1) is 0 Å². The Morgan fingerprint density at radius 1 is 1.36 bits per heavy atom. The highest BCUT2D eigenvalue weighted by Crippen LogP contribution is 2.17. The van der Waals surface area contributed by atoms with E-state index in [2.05, 4.69) is 18.8 Å². The summed E-state index contributed by atoms with van der Waals surface area (Å²) in [6.45, 7) is 0. The molecule has 1 atom stereocenters. The fraction of sp³-hybridized carbons (Fsp3) is 0.667. The molecule has 0 fully saturated rings. The monoisotopic (exact) mass is 226 g/mol. The van der Waals surface area contributed by atoms with E-state index in [0.717, 1.165) is 7.11 Å². The molecule has 0 radical (unpaired) electrons. The lowest BCUT2D eigenvalue weighted by Crippen LogP contribution is -2.23. The fourth-order valence-corrected chi connectivity index (χ4v) is 1.10. The van der Waals surface area contributed by atoms with E-state index in [4.69, 9.17) is 5.26 Å².